The molecular formula is C14H17BrN4O. The maximum absolute atomic E-state index is 5.77. The topological polar surface area (TPSA) is 54.2 Å². The van der Waals surface area contributed by atoms with Gasteiger partial charge in [-0.2, -0.15) is 0 Å². The molecule has 2 heterocycles. The van der Waals surface area contributed by atoms with Crippen molar-refractivity contribution in [1.29, 1.82) is 0 Å². The van der Waals surface area contributed by atoms with Crippen molar-refractivity contribution in [1.82, 2.24) is 20.4 Å². The molecule has 1 fully saturated rings. The molecule has 0 radical (unpaired) electrons. The fourth-order valence-electron chi connectivity index (χ4n) is 2.42. The minimum Gasteiger partial charge on any atom is -0.419 e. The molecule has 1 aromatic carbocycles. The van der Waals surface area contributed by atoms with Crippen LogP contribution in [0.3, 0.4) is 0 Å². The summed E-state index contributed by atoms with van der Waals surface area (Å²) >= 11 is 3.50. The van der Waals surface area contributed by atoms with Crippen LogP contribution in [0.4, 0.5) is 0 Å². The number of nitrogens with zero attached hydrogens (tertiary/aromatic N) is 3. The van der Waals surface area contributed by atoms with E-state index in [9.17, 15) is 0 Å². The van der Waals surface area contributed by atoms with E-state index in [4.69, 9.17) is 4.42 Å². The molecule has 20 heavy (non-hydrogen) atoms. The Morgan fingerprint density at radius 3 is 3.00 bits per heavy atom. The van der Waals surface area contributed by atoms with E-state index >= 15 is 0 Å². The quantitative estimate of drug-likeness (QED) is 0.928. The Hall–Kier alpha value is -1.24. The molecule has 1 aliphatic rings. The van der Waals surface area contributed by atoms with Crippen LogP contribution in [0, 0.1) is 0 Å². The molecule has 0 aliphatic carbocycles. The number of rotatable bonds is 4. The summed E-state index contributed by atoms with van der Waals surface area (Å²) < 4.78 is 6.73. The van der Waals surface area contributed by atoms with E-state index in [2.05, 4.69) is 43.4 Å². The Labute approximate surface area is 126 Å². The first-order valence-electron chi connectivity index (χ1n) is 6.72. The lowest BCUT2D eigenvalue weighted by Crippen LogP contribution is -2.32. The molecule has 1 N–H and O–H groups in total. The zero-order chi connectivity index (χ0) is 13.9. The summed E-state index contributed by atoms with van der Waals surface area (Å²) in [5.41, 5.74) is 0.927. The average molecular weight is 337 g/mol. The van der Waals surface area contributed by atoms with Crippen molar-refractivity contribution in [2.24, 2.45) is 0 Å². The van der Waals surface area contributed by atoms with Crippen LogP contribution in [0.5, 0.6) is 0 Å². The monoisotopic (exact) mass is 336 g/mol. The Bertz CT molecular complexity index is 580. The van der Waals surface area contributed by atoms with Crippen LogP contribution in [-0.2, 0) is 6.54 Å². The van der Waals surface area contributed by atoms with E-state index in [0.29, 0.717) is 24.4 Å². The van der Waals surface area contributed by atoms with E-state index in [1.807, 2.05) is 24.3 Å². The number of hydrogen-bond acceptors (Lipinski definition) is 5. The third-order valence-electron chi connectivity index (χ3n) is 3.61. The van der Waals surface area contributed by atoms with Gasteiger partial charge in [-0.1, -0.05) is 12.1 Å². The summed E-state index contributed by atoms with van der Waals surface area (Å²) in [5, 5.41) is 11.6. The molecule has 1 atom stereocenters. The largest absolute Gasteiger partial charge is 0.419 e. The van der Waals surface area contributed by atoms with Gasteiger partial charge < -0.3 is 9.73 Å². The zero-order valence-electron chi connectivity index (χ0n) is 11.3. The molecule has 0 saturated carbocycles. The molecule has 1 aliphatic heterocycles. The first-order chi connectivity index (χ1) is 9.74. The van der Waals surface area contributed by atoms with E-state index in [1.165, 1.54) is 6.42 Å². The maximum Gasteiger partial charge on any atom is 0.248 e. The van der Waals surface area contributed by atoms with Gasteiger partial charge in [0, 0.05) is 17.1 Å². The normalized spacial score (nSPS) is 18.9. The lowest BCUT2D eigenvalue weighted by molar-refractivity contribution is 0.226. The predicted molar refractivity (Wildman–Crippen MR) is 80.2 cm³/mol. The summed E-state index contributed by atoms with van der Waals surface area (Å²) in [6.07, 6.45) is 1.17. The standard InChI is InChI=1S/C14H17BrN4O/c1-19(10-6-7-16-8-10)9-13-17-18-14(20-13)11-4-2-3-5-12(11)15/h2-5,10,16H,6-9H2,1H3. The van der Waals surface area contributed by atoms with Crippen molar-refractivity contribution >= 4 is 15.9 Å². The molecule has 0 bridgehead atoms. The van der Waals surface area contributed by atoms with E-state index < -0.39 is 0 Å². The lowest BCUT2D eigenvalue weighted by Gasteiger charge is -2.21. The molecule has 0 amide bonds. The highest BCUT2D eigenvalue weighted by Gasteiger charge is 2.21. The highest BCUT2D eigenvalue weighted by atomic mass is 79.9. The van der Waals surface area contributed by atoms with E-state index in [0.717, 1.165) is 23.1 Å². The van der Waals surface area contributed by atoms with Crippen molar-refractivity contribution < 1.29 is 4.42 Å². The summed E-state index contributed by atoms with van der Waals surface area (Å²) in [5.74, 6) is 1.22. The van der Waals surface area contributed by atoms with Crippen molar-refractivity contribution in [2.45, 2.75) is 19.0 Å². The molecule has 1 unspecified atom stereocenters. The first-order valence-corrected chi connectivity index (χ1v) is 7.51. The minimum absolute atomic E-state index is 0.550. The molecule has 2 aromatic rings. The summed E-state index contributed by atoms with van der Waals surface area (Å²) in [6.45, 7) is 2.80. The number of aromatic nitrogens is 2. The third-order valence-corrected chi connectivity index (χ3v) is 4.30. The number of nitrogens with one attached hydrogen (secondary N) is 1. The van der Waals surface area contributed by atoms with Crippen LogP contribution in [0.1, 0.15) is 12.3 Å². The van der Waals surface area contributed by atoms with Crippen LogP contribution < -0.4 is 5.32 Å². The maximum atomic E-state index is 5.77. The Morgan fingerprint density at radius 2 is 2.25 bits per heavy atom. The van der Waals surface area contributed by atoms with Gasteiger partial charge in [-0.15, -0.1) is 10.2 Å². The summed E-state index contributed by atoms with van der Waals surface area (Å²) in [7, 11) is 2.10. The SMILES string of the molecule is CN(Cc1nnc(-c2ccccc2Br)o1)C1CCNC1. The highest BCUT2D eigenvalue weighted by molar-refractivity contribution is 9.10. The highest BCUT2D eigenvalue weighted by Crippen LogP contribution is 2.26. The van der Waals surface area contributed by atoms with Crippen LogP contribution in [-0.4, -0.2) is 41.3 Å². The van der Waals surface area contributed by atoms with Gasteiger partial charge in [0.2, 0.25) is 11.8 Å². The second-order valence-electron chi connectivity index (χ2n) is 5.04. The molecule has 0 spiro atoms. The second kappa shape index (κ2) is 6.03. The summed E-state index contributed by atoms with van der Waals surface area (Å²) in [6, 6.07) is 8.40. The minimum atomic E-state index is 0.550. The Balaban J connectivity index is 1.72. The molecule has 6 heteroatoms. The van der Waals surface area contributed by atoms with Crippen LogP contribution in [0.25, 0.3) is 11.5 Å². The second-order valence-corrected chi connectivity index (χ2v) is 5.90. The van der Waals surface area contributed by atoms with Crippen LogP contribution in [0.15, 0.2) is 33.2 Å². The average Bonchev–Trinajstić information content (AvgIpc) is 3.10. The number of likely N-dealkylation sites (N-methyl/N-ethyl adjacent to an activating group) is 1. The van der Waals surface area contributed by atoms with Crippen molar-refractivity contribution in [3.63, 3.8) is 0 Å². The van der Waals surface area contributed by atoms with Gasteiger partial charge in [-0.05, 0) is 48.1 Å². The van der Waals surface area contributed by atoms with Crippen molar-refractivity contribution in [3.8, 4) is 11.5 Å². The number of hydrogen-bond donors (Lipinski definition) is 1. The fraction of sp³-hybridized carbons (Fsp3) is 0.429. The zero-order valence-corrected chi connectivity index (χ0v) is 12.9. The van der Waals surface area contributed by atoms with Gasteiger partial charge in [0.1, 0.15) is 0 Å². The molecule has 1 saturated heterocycles. The molecule has 3 rings (SSSR count). The molecule has 1 aromatic heterocycles. The number of benzene rings is 1. The van der Waals surface area contributed by atoms with Crippen molar-refractivity contribution in [2.75, 3.05) is 20.1 Å². The van der Waals surface area contributed by atoms with Crippen LogP contribution >= 0.6 is 15.9 Å². The van der Waals surface area contributed by atoms with E-state index in [-0.39, 0.29) is 0 Å². The van der Waals surface area contributed by atoms with Gasteiger partial charge in [-0.3, -0.25) is 4.90 Å². The predicted octanol–water partition coefficient (Wildman–Crippen LogP) is 2.29. The molecular weight excluding hydrogens is 320 g/mol. The Kier molecular flexibility index (Phi) is 4.14. The third kappa shape index (κ3) is 2.92. The van der Waals surface area contributed by atoms with Crippen molar-refractivity contribution in [3.05, 3.63) is 34.6 Å². The smallest absolute Gasteiger partial charge is 0.248 e. The fourth-order valence-corrected chi connectivity index (χ4v) is 2.87. The van der Waals surface area contributed by atoms with Gasteiger partial charge >= 0.3 is 0 Å². The van der Waals surface area contributed by atoms with Crippen LogP contribution in [0.2, 0.25) is 0 Å². The van der Waals surface area contributed by atoms with Gasteiger partial charge in [0.05, 0.1) is 12.1 Å². The molecule has 106 valence electrons. The van der Waals surface area contributed by atoms with Gasteiger partial charge in [0.15, 0.2) is 0 Å². The van der Waals surface area contributed by atoms with E-state index in [1.54, 1.807) is 0 Å². The Morgan fingerprint density at radius 1 is 1.40 bits per heavy atom. The molecule has 5 nitrogen and oxygen atoms in total. The van der Waals surface area contributed by atoms with Gasteiger partial charge in [-0.25, -0.2) is 0 Å². The lowest BCUT2D eigenvalue weighted by atomic mass is 10.2. The summed E-state index contributed by atoms with van der Waals surface area (Å²) in [4.78, 5) is 2.26. The first kappa shape index (κ1) is 13.7. The number of halogens is 1. The van der Waals surface area contributed by atoms with Gasteiger partial charge in [0.25, 0.3) is 0 Å².